The van der Waals surface area contributed by atoms with Gasteiger partial charge in [-0.05, 0) is 18.8 Å². The van der Waals surface area contributed by atoms with Crippen molar-refractivity contribution >= 4 is 0 Å². The van der Waals surface area contributed by atoms with Gasteiger partial charge in [-0.15, -0.1) is 0 Å². The van der Waals surface area contributed by atoms with Gasteiger partial charge in [-0.1, -0.05) is 20.8 Å². The van der Waals surface area contributed by atoms with E-state index in [0.717, 1.165) is 19.0 Å². The molecule has 1 N–H and O–H groups in total. The molecule has 1 aliphatic carbocycles. The van der Waals surface area contributed by atoms with Crippen LogP contribution in [-0.2, 0) is 6.42 Å². The second-order valence-corrected chi connectivity index (χ2v) is 5.10. The van der Waals surface area contributed by atoms with Gasteiger partial charge >= 0.3 is 0 Å². The highest BCUT2D eigenvalue weighted by Crippen LogP contribution is 2.23. The molecular weight excluding hydrogens is 198 g/mol. The van der Waals surface area contributed by atoms with Crippen molar-refractivity contribution in [2.75, 3.05) is 6.54 Å². The van der Waals surface area contributed by atoms with E-state index in [1.165, 1.54) is 18.7 Å². The zero-order valence-electron chi connectivity index (χ0n) is 10.6. The first kappa shape index (κ1) is 11.6. The van der Waals surface area contributed by atoms with E-state index in [9.17, 15) is 0 Å². The topological polar surface area (TPSA) is 29.9 Å². The highest BCUT2D eigenvalue weighted by Gasteiger charge is 2.24. The van der Waals surface area contributed by atoms with Crippen LogP contribution in [0.25, 0.3) is 0 Å². The van der Waals surface area contributed by atoms with Gasteiger partial charge in [0.1, 0.15) is 5.82 Å². The Morgan fingerprint density at radius 1 is 1.50 bits per heavy atom. The minimum absolute atomic E-state index is 0.540. The van der Waals surface area contributed by atoms with Crippen LogP contribution < -0.4 is 5.32 Å². The normalized spacial score (nSPS) is 18.0. The molecule has 1 aliphatic rings. The van der Waals surface area contributed by atoms with E-state index in [0.29, 0.717) is 12.0 Å². The summed E-state index contributed by atoms with van der Waals surface area (Å²) in [4.78, 5) is 4.42. The summed E-state index contributed by atoms with van der Waals surface area (Å²) in [6.07, 6.45) is 7.77. The zero-order chi connectivity index (χ0) is 11.5. The lowest BCUT2D eigenvalue weighted by Gasteiger charge is -2.24. The van der Waals surface area contributed by atoms with Crippen LogP contribution >= 0.6 is 0 Å². The summed E-state index contributed by atoms with van der Waals surface area (Å²) in [5.74, 6) is 1.85. The highest BCUT2D eigenvalue weighted by atomic mass is 15.1. The monoisotopic (exact) mass is 221 g/mol. The van der Waals surface area contributed by atoms with Crippen LogP contribution in [0.1, 0.15) is 45.5 Å². The molecular formula is C13H23N3. The summed E-state index contributed by atoms with van der Waals surface area (Å²) in [6.45, 7) is 7.83. The van der Waals surface area contributed by atoms with E-state index in [1.54, 1.807) is 0 Å². The van der Waals surface area contributed by atoms with Crippen molar-refractivity contribution in [1.29, 1.82) is 0 Å². The molecule has 0 aliphatic heterocycles. The lowest BCUT2D eigenvalue weighted by Crippen LogP contribution is -2.30. The fraction of sp³-hybridized carbons (Fsp3) is 0.769. The van der Waals surface area contributed by atoms with E-state index < -0.39 is 0 Å². The van der Waals surface area contributed by atoms with E-state index in [-0.39, 0.29) is 0 Å². The van der Waals surface area contributed by atoms with Gasteiger partial charge in [-0.3, -0.25) is 0 Å². The van der Waals surface area contributed by atoms with E-state index >= 15 is 0 Å². The lowest BCUT2D eigenvalue weighted by molar-refractivity contribution is 0.347. The number of imidazole rings is 1. The maximum atomic E-state index is 4.42. The minimum Gasteiger partial charge on any atom is -0.330 e. The van der Waals surface area contributed by atoms with Crippen LogP contribution in [0.4, 0.5) is 0 Å². The fourth-order valence-electron chi connectivity index (χ4n) is 2.15. The molecule has 0 aromatic carbocycles. The largest absolute Gasteiger partial charge is 0.330 e. The van der Waals surface area contributed by atoms with Crippen LogP contribution in [-0.4, -0.2) is 22.1 Å². The number of aromatic nitrogens is 2. The van der Waals surface area contributed by atoms with Crippen molar-refractivity contribution < 1.29 is 0 Å². The number of nitrogens with one attached hydrogen (secondary N) is 1. The first-order chi connectivity index (χ1) is 7.72. The molecule has 16 heavy (non-hydrogen) atoms. The molecule has 90 valence electrons. The van der Waals surface area contributed by atoms with Crippen molar-refractivity contribution in [3.63, 3.8) is 0 Å². The Labute approximate surface area is 98.3 Å². The van der Waals surface area contributed by atoms with Crippen LogP contribution in [0.15, 0.2) is 12.4 Å². The third-order valence-corrected chi connectivity index (χ3v) is 3.38. The second-order valence-electron chi connectivity index (χ2n) is 5.10. The third kappa shape index (κ3) is 2.64. The van der Waals surface area contributed by atoms with Crippen molar-refractivity contribution in [3.8, 4) is 0 Å². The quantitative estimate of drug-likeness (QED) is 0.799. The third-order valence-electron chi connectivity index (χ3n) is 3.38. The molecule has 1 heterocycles. The molecule has 1 fully saturated rings. The number of hydrogen-bond donors (Lipinski definition) is 1. The number of aryl methyl sites for hydroxylation is 1. The molecule has 0 bridgehead atoms. The second kappa shape index (κ2) is 5.00. The van der Waals surface area contributed by atoms with Crippen molar-refractivity contribution in [1.82, 2.24) is 14.9 Å². The Morgan fingerprint density at radius 3 is 2.81 bits per heavy atom. The molecule has 3 heteroatoms. The number of rotatable bonds is 6. The summed E-state index contributed by atoms with van der Waals surface area (Å²) in [5, 5.41) is 3.63. The molecule has 1 atom stereocenters. The Balaban J connectivity index is 2.04. The molecule has 1 aromatic heterocycles. The average molecular weight is 221 g/mol. The lowest BCUT2D eigenvalue weighted by atomic mass is 10.0. The SMILES string of the molecule is CCc1nccn1C(CNC1CC1)C(C)C. The fourth-order valence-corrected chi connectivity index (χ4v) is 2.15. The predicted molar refractivity (Wildman–Crippen MR) is 66.5 cm³/mol. The minimum atomic E-state index is 0.540. The summed E-state index contributed by atoms with van der Waals surface area (Å²) >= 11 is 0. The summed E-state index contributed by atoms with van der Waals surface area (Å²) < 4.78 is 2.35. The van der Waals surface area contributed by atoms with Crippen LogP contribution in [0.2, 0.25) is 0 Å². The zero-order valence-corrected chi connectivity index (χ0v) is 10.6. The van der Waals surface area contributed by atoms with Crippen molar-refractivity contribution in [3.05, 3.63) is 18.2 Å². The highest BCUT2D eigenvalue weighted by molar-refractivity contribution is 4.97. The molecule has 0 saturated heterocycles. The smallest absolute Gasteiger partial charge is 0.108 e. The molecule has 1 aromatic rings. The molecule has 1 unspecified atom stereocenters. The van der Waals surface area contributed by atoms with Gasteiger partial charge < -0.3 is 9.88 Å². The molecule has 3 nitrogen and oxygen atoms in total. The molecule has 0 spiro atoms. The number of nitrogens with zero attached hydrogens (tertiary/aromatic N) is 2. The first-order valence-corrected chi connectivity index (χ1v) is 6.47. The van der Waals surface area contributed by atoms with Gasteiger partial charge in [-0.25, -0.2) is 4.98 Å². The molecule has 1 saturated carbocycles. The van der Waals surface area contributed by atoms with Gasteiger partial charge in [0.2, 0.25) is 0 Å². The van der Waals surface area contributed by atoms with E-state index in [4.69, 9.17) is 0 Å². The summed E-state index contributed by atoms with van der Waals surface area (Å²) in [7, 11) is 0. The van der Waals surface area contributed by atoms with Crippen molar-refractivity contribution in [2.24, 2.45) is 5.92 Å². The van der Waals surface area contributed by atoms with Gasteiger partial charge in [0.25, 0.3) is 0 Å². The Hall–Kier alpha value is -0.830. The maximum absolute atomic E-state index is 4.42. The summed E-state index contributed by atoms with van der Waals surface area (Å²) in [6, 6.07) is 1.33. The standard InChI is InChI=1S/C13H23N3/c1-4-13-14-7-8-16(13)12(10(2)3)9-15-11-5-6-11/h7-8,10-12,15H,4-6,9H2,1-3H3. The van der Waals surface area contributed by atoms with E-state index in [2.05, 4.69) is 41.8 Å². The summed E-state index contributed by atoms with van der Waals surface area (Å²) in [5.41, 5.74) is 0. The Kier molecular flexibility index (Phi) is 3.64. The van der Waals surface area contributed by atoms with Gasteiger partial charge in [0.15, 0.2) is 0 Å². The first-order valence-electron chi connectivity index (χ1n) is 6.47. The molecule has 0 amide bonds. The van der Waals surface area contributed by atoms with Crippen LogP contribution in [0.3, 0.4) is 0 Å². The van der Waals surface area contributed by atoms with Gasteiger partial charge in [0, 0.05) is 37.4 Å². The van der Waals surface area contributed by atoms with Gasteiger partial charge in [-0.2, -0.15) is 0 Å². The maximum Gasteiger partial charge on any atom is 0.108 e. The Bertz CT molecular complexity index is 326. The molecule has 2 rings (SSSR count). The predicted octanol–water partition coefficient (Wildman–Crippen LogP) is 2.39. The van der Waals surface area contributed by atoms with Crippen LogP contribution in [0.5, 0.6) is 0 Å². The molecule has 0 radical (unpaired) electrons. The average Bonchev–Trinajstić information content (AvgIpc) is 2.95. The van der Waals surface area contributed by atoms with Crippen LogP contribution in [0, 0.1) is 5.92 Å². The Morgan fingerprint density at radius 2 is 2.25 bits per heavy atom. The van der Waals surface area contributed by atoms with Gasteiger partial charge in [0.05, 0.1) is 0 Å². The number of hydrogen-bond acceptors (Lipinski definition) is 2. The van der Waals surface area contributed by atoms with E-state index in [1.807, 2.05) is 6.20 Å². The van der Waals surface area contributed by atoms with Crippen molar-refractivity contribution in [2.45, 2.75) is 52.1 Å².